The topological polar surface area (TPSA) is 77.5 Å². The summed E-state index contributed by atoms with van der Waals surface area (Å²) in [5.74, 6) is -0.232. The number of anilines is 4. The van der Waals surface area contributed by atoms with Gasteiger partial charge in [-0.25, -0.2) is 23.7 Å². The molecule has 37 heavy (non-hydrogen) atoms. The van der Waals surface area contributed by atoms with Gasteiger partial charge in [-0.3, -0.25) is 4.79 Å². The summed E-state index contributed by atoms with van der Waals surface area (Å²) in [6.45, 7) is 5.92. The number of likely N-dealkylation sites (tertiary alicyclic amines) is 1. The van der Waals surface area contributed by atoms with Crippen LogP contribution in [0.25, 0.3) is 11.3 Å². The van der Waals surface area contributed by atoms with E-state index in [1.807, 2.05) is 32.2 Å². The first kappa shape index (κ1) is 25.0. The molecule has 0 saturated carbocycles. The summed E-state index contributed by atoms with van der Waals surface area (Å²) in [6, 6.07) is 6.57. The summed E-state index contributed by atoms with van der Waals surface area (Å²) in [6.07, 6.45) is 5.10. The molecular formula is C27H31F2N7O. The zero-order valence-corrected chi connectivity index (χ0v) is 21.5. The lowest BCUT2D eigenvalue weighted by Gasteiger charge is -2.38. The van der Waals surface area contributed by atoms with E-state index in [0.29, 0.717) is 23.1 Å². The van der Waals surface area contributed by atoms with Crippen molar-refractivity contribution in [1.29, 1.82) is 0 Å². The molecule has 2 aliphatic rings. The molecule has 1 amide bonds. The molecule has 10 heteroatoms. The monoisotopic (exact) mass is 507 g/mol. The first-order valence-electron chi connectivity index (χ1n) is 12.5. The van der Waals surface area contributed by atoms with Gasteiger partial charge in [-0.15, -0.1) is 0 Å². The maximum Gasteiger partial charge on any atom is 0.246 e. The molecule has 2 aromatic heterocycles. The number of pyridine rings is 1. The minimum absolute atomic E-state index is 0.0634. The second-order valence-electron chi connectivity index (χ2n) is 10.1. The molecule has 1 N–H and O–H groups in total. The Bertz CT molecular complexity index is 1310. The van der Waals surface area contributed by atoms with Crippen molar-refractivity contribution < 1.29 is 13.6 Å². The average Bonchev–Trinajstić information content (AvgIpc) is 2.85. The highest BCUT2D eigenvalue weighted by Crippen LogP contribution is 2.40. The molecule has 1 saturated heterocycles. The Hall–Kier alpha value is -3.66. The molecule has 0 aliphatic carbocycles. The highest BCUT2D eigenvalue weighted by Gasteiger charge is 2.32. The number of nitrogens with one attached hydrogen (secondary N) is 1. The minimum atomic E-state index is -0.693. The number of amides is 1. The number of benzene rings is 1. The largest absolute Gasteiger partial charge is 0.361 e. The summed E-state index contributed by atoms with van der Waals surface area (Å²) >= 11 is 0. The van der Waals surface area contributed by atoms with Gasteiger partial charge in [-0.2, -0.15) is 0 Å². The summed E-state index contributed by atoms with van der Waals surface area (Å²) < 4.78 is 30.1. The van der Waals surface area contributed by atoms with Crippen LogP contribution >= 0.6 is 0 Å². The SMILES string of the molecule is CC(C)N1C(=O)CN(C)c2c(F)cc(-c3nc(Nc4ccc(C5CCN(C)CC5)cn4)ncc3F)cc21. The third-order valence-electron chi connectivity index (χ3n) is 7.08. The Kier molecular flexibility index (Phi) is 6.76. The number of likely N-dealkylation sites (N-methyl/N-ethyl adjacent to an activating group) is 1. The Morgan fingerprint density at radius 3 is 2.46 bits per heavy atom. The lowest BCUT2D eigenvalue weighted by molar-refractivity contribution is -0.117. The molecular weight excluding hydrogens is 476 g/mol. The van der Waals surface area contributed by atoms with Gasteiger partial charge in [-0.1, -0.05) is 6.07 Å². The van der Waals surface area contributed by atoms with Crippen molar-refractivity contribution in [2.45, 2.75) is 38.6 Å². The van der Waals surface area contributed by atoms with Gasteiger partial charge in [0, 0.05) is 24.8 Å². The summed E-state index contributed by atoms with van der Waals surface area (Å²) in [7, 11) is 3.80. The van der Waals surface area contributed by atoms with E-state index < -0.39 is 11.6 Å². The van der Waals surface area contributed by atoms with Gasteiger partial charge >= 0.3 is 0 Å². The van der Waals surface area contributed by atoms with Crippen LogP contribution in [-0.4, -0.2) is 65.5 Å². The number of aromatic nitrogens is 3. The smallest absolute Gasteiger partial charge is 0.246 e. The fraction of sp³-hybridized carbons (Fsp3) is 0.407. The number of rotatable bonds is 5. The number of nitrogens with zero attached hydrogens (tertiary/aromatic N) is 6. The van der Waals surface area contributed by atoms with Gasteiger partial charge in [0.1, 0.15) is 17.3 Å². The quantitative estimate of drug-likeness (QED) is 0.543. The van der Waals surface area contributed by atoms with Crippen LogP contribution in [0.4, 0.5) is 31.9 Å². The van der Waals surface area contributed by atoms with Gasteiger partial charge in [0.05, 0.1) is 24.1 Å². The van der Waals surface area contributed by atoms with Gasteiger partial charge < -0.3 is 20.0 Å². The third-order valence-corrected chi connectivity index (χ3v) is 7.08. The molecule has 8 nitrogen and oxygen atoms in total. The van der Waals surface area contributed by atoms with E-state index in [4.69, 9.17) is 0 Å². The van der Waals surface area contributed by atoms with E-state index >= 15 is 4.39 Å². The second-order valence-corrected chi connectivity index (χ2v) is 10.1. The van der Waals surface area contributed by atoms with E-state index in [1.54, 1.807) is 18.0 Å². The number of hydrogen-bond donors (Lipinski definition) is 1. The molecule has 5 rings (SSSR count). The molecule has 1 aromatic carbocycles. The number of fused-ring (bicyclic) bond motifs is 1. The first-order valence-corrected chi connectivity index (χ1v) is 12.5. The van der Waals surface area contributed by atoms with E-state index in [0.717, 1.165) is 32.1 Å². The summed E-state index contributed by atoms with van der Waals surface area (Å²) in [4.78, 5) is 31.0. The van der Waals surface area contributed by atoms with Gasteiger partial charge in [0.15, 0.2) is 5.82 Å². The lowest BCUT2D eigenvalue weighted by atomic mass is 9.91. The van der Waals surface area contributed by atoms with Crippen LogP contribution in [0.15, 0.2) is 36.7 Å². The Balaban J connectivity index is 1.42. The molecule has 0 unspecified atom stereocenters. The Morgan fingerprint density at radius 2 is 1.78 bits per heavy atom. The number of carbonyl (C=O) groups is 1. The second kappa shape index (κ2) is 10.0. The van der Waals surface area contributed by atoms with Crippen LogP contribution in [0.2, 0.25) is 0 Å². The molecule has 3 aromatic rings. The van der Waals surface area contributed by atoms with Crippen LogP contribution in [0.3, 0.4) is 0 Å². The average molecular weight is 508 g/mol. The van der Waals surface area contributed by atoms with Crippen LogP contribution < -0.4 is 15.1 Å². The summed E-state index contributed by atoms with van der Waals surface area (Å²) in [5.41, 5.74) is 2.05. The highest BCUT2D eigenvalue weighted by molar-refractivity contribution is 6.04. The van der Waals surface area contributed by atoms with Crippen LogP contribution in [0, 0.1) is 11.6 Å². The predicted molar refractivity (Wildman–Crippen MR) is 140 cm³/mol. The van der Waals surface area contributed by atoms with Crippen molar-refractivity contribution in [3.05, 3.63) is 53.9 Å². The Labute approximate surface area is 215 Å². The van der Waals surface area contributed by atoms with Crippen molar-refractivity contribution in [1.82, 2.24) is 19.9 Å². The van der Waals surface area contributed by atoms with Crippen molar-refractivity contribution in [2.24, 2.45) is 0 Å². The first-order chi connectivity index (χ1) is 17.7. The number of halogens is 2. The van der Waals surface area contributed by atoms with E-state index in [9.17, 15) is 9.18 Å². The van der Waals surface area contributed by atoms with Crippen molar-refractivity contribution in [3.63, 3.8) is 0 Å². The van der Waals surface area contributed by atoms with Gasteiger partial charge in [0.2, 0.25) is 11.9 Å². The van der Waals surface area contributed by atoms with Crippen LogP contribution in [0.5, 0.6) is 0 Å². The van der Waals surface area contributed by atoms with Gasteiger partial charge in [0.25, 0.3) is 0 Å². The molecule has 1 fully saturated rings. The van der Waals surface area contributed by atoms with E-state index in [-0.39, 0.29) is 35.7 Å². The number of piperidine rings is 1. The molecule has 0 atom stereocenters. The molecule has 0 spiro atoms. The maximum atomic E-state index is 15.2. The maximum absolute atomic E-state index is 15.2. The molecule has 0 radical (unpaired) electrons. The Morgan fingerprint density at radius 1 is 1.03 bits per heavy atom. The normalized spacial score (nSPS) is 16.9. The molecule has 2 aliphatic heterocycles. The van der Waals surface area contributed by atoms with Crippen LogP contribution in [0.1, 0.15) is 38.2 Å². The molecule has 194 valence electrons. The molecule has 4 heterocycles. The predicted octanol–water partition coefficient (Wildman–Crippen LogP) is 4.56. The minimum Gasteiger partial charge on any atom is -0.361 e. The number of carbonyl (C=O) groups excluding carboxylic acids is 1. The zero-order valence-electron chi connectivity index (χ0n) is 21.5. The summed E-state index contributed by atoms with van der Waals surface area (Å²) in [5, 5.41) is 3.02. The van der Waals surface area contributed by atoms with Crippen molar-refractivity contribution >= 4 is 29.0 Å². The van der Waals surface area contributed by atoms with Gasteiger partial charge in [-0.05, 0) is 76.5 Å². The number of hydrogen-bond acceptors (Lipinski definition) is 7. The fourth-order valence-corrected chi connectivity index (χ4v) is 5.15. The molecule has 0 bridgehead atoms. The zero-order chi connectivity index (χ0) is 26.3. The van der Waals surface area contributed by atoms with E-state index in [1.165, 1.54) is 16.5 Å². The van der Waals surface area contributed by atoms with Crippen molar-refractivity contribution in [2.75, 3.05) is 48.8 Å². The van der Waals surface area contributed by atoms with Crippen LogP contribution in [-0.2, 0) is 4.79 Å². The highest BCUT2D eigenvalue weighted by atomic mass is 19.1. The standard InChI is InChI=1S/C27H31F2N7O/c1-16(2)36-22-12-19(11-20(28)26(22)35(4)15-24(36)37)25-21(29)14-31-27(33-25)32-23-6-5-18(13-30-23)17-7-9-34(3)10-8-17/h5-6,11-14,16-17H,7-10,15H2,1-4H3,(H,30,31,32,33). The van der Waals surface area contributed by atoms with E-state index in [2.05, 4.69) is 32.2 Å². The third kappa shape index (κ3) is 4.98. The van der Waals surface area contributed by atoms with Crippen molar-refractivity contribution in [3.8, 4) is 11.3 Å². The lowest BCUT2D eigenvalue weighted by Crippen LogP contribution is -2.47. The fourth-order valence-electron chi connectivity index (χ4n) is 5.15.